The van der Waals surface area contributed by atoms with E-state index in [9.17, 15) is 28.8 Å². The lowest BCUT2D eigenvalue weighted by atomic mass is 9.88. The highest BCUT2D eigenvalue weighted by atomic mass is 16.5. The zero-order valence-corrected chi connectivity index (χ0v) is 31.4. The van der Waals surface area contributed by atoms with E-state index in [4.69, 9.17) is 16.2 Å². The van der Waals surface area contributed by atoms with Crippen molar-refractivity contribution in [3.8, 4) is 0 Å². The maximum absolute atomic E-state index is 14.0. The summed E-state index contributed by atoms with van der Waals surface area (Å²) in [5.74, 6) is -3.84. The van der Waals surface area contributed by atoms with E-state index in [1.165, 1.54) is 0 Å². The maximum atomic E-state index is 14.0. The van der Waals surface area contributed by atoms with Gasteiger partial charge in [-0.3, -0.25) is 24.0 Å². The molecule has 7 N–H and O–H groups in total. The molecule has 1 saturated heterocycles. The lowest BCUT2D eigenvalue weighted by molar-refractivity contribution is -0.155. The third-order valence-corrected chi connectivity index (χ3v) is 9.36. The van der Waals surface area contributed by atoms with Gasteiger partial charge in [0, 0.05) is 31.5 Å². The van der Waals surface area contributed by atoms with Gasteiger partial charge in [0.2, 0.25) is 17.7 Å². The van der Waals surface area contributed by atoms with Crippen molar-refractivity contribution in [2.75, 3.05) is 26.2 Å². The number of hydrogen-bond acceptors (Lipinski definition) is 9. The number of unbranched alkanes of at least 4 members (excludes halogenated alkanes) is 1. The molecule has 2 aromatic rings. The van der Waals surface area contributed by atoms with Crippen LogP contribution in [-0.2, 0) is 46.3 Å². The van der Waals surface area contributed by atoms with Gasteiger partial charge < -0.3 is 37.1 Å². The molecule has 0 aliphatic carbocycles. The summed E-state index contributed by atoms with van der Waals surface area (Å²) in [5.41, 5.74) is 13.8. The van der Waals surface area contributed by atoms with Crippen LogP contribution in [0.2, 0.25) is 0 Å². The third-order valence-electron chi connectivity index (χ3n) is 9.36. The Balaban J connectivity index is 1.72. The summed E-state index contributed by atoms with van der Waals surface area (Å²) in [6, 6.07) is 15.8. The smallest absolute Gasteiger partial charge is 0.396 e. The Morgan fingerprint density at radius 3 is 1.98 bits per heavy atom. The number of Topliss-reactive ketones (excluding diaryl/α,β-unsaturated/α-hetero) is 1. The number of likely N-dealkylation sites (tertiary alicyclic amines) is 1. The number of carbonyl (C=O) groups is 6. The van der Waals surface area contributed by atoms with Crippen molar-refractivity contribution in [2.24, 2.45) is 23.3 Å². The van der Waals surface area contributed by atoms with Crippen LogP contribution in [0.25, 0.3) is 0 Å². The Labute approximate surface area is 313 Å². The second kappa shape index (κ2) is 22.4. The molecule has 1 aliphatic heterocycles. The van der Waals surface area contributed by atoms with E-state index in [1.54, 1.807) is 11.8 Å². The molecule has 2 aromatic carbocycles. The van der Waals surface area contributed by atoms with Crippen LogP contribution >= 0.6 is 0 Å². The van der Waals surface area contributed by atoms with Crippen molar-refractivity contribution in [1.82, 2.24) is 20.9 Å². The van der Waals surface area contributed by atoms with Gasteiger partial charge >= 0.3 is 11.9 Å². The van der Waals surface area contributed by atoms with Crippen LogP contribution in [0.1, 0.15) is 76.8 Å². The minimum absolute atomic E-state index is 0.0650. The Morgan fingerprint density at radius 1 is 0.830 bits per heavy atom. The van der Waals surface area contributed by atoms with Gasteiger partial charge in [-0.2, -0.15) is 0 Å². The van der Waals surface area contributed by atoms with E-state index in [1.807, 2.05) is 74.5 Å². The molecule has 3 rings (SSSR count). The van der Waals surface area contributed by atoms with Gasteiger partial charge in [-0.05, 0) is 81.9 Å². The molecule has 0 bridgehead atoms. The van der Waals surface area contributed by atoms with Crippen molar-refractivity contribution in [3.05, 3.63) is 71.8 Å². The first-order chi connectivity index (χ1) is 25.4. The molecule has 1 fully saturated rings. The average molecular weight is 735 g/mol. The van der Waals surface area contributed by atoms with Crippen LogP contribution in [0.5, 0.6) is 0 Å². The lowest BCUT2D eigenvalue weighted by Gasteiger charge is -2.35. The maximum Gasteiger partial charge on any atom is 0.396 e. The Morgan fingerprint density at radius 2 is 1.42 bits per heavy atom. The number of hydrogen-bond donors (Lipinski definition) is 5. The number of nitrogens with two attached hydrogens (primary N) is 2. The van der Waals surface area contributed by atoms with Gasteiger partial charge in [-0.15, -0.1) is 0 Å². The summed E-state index contributed by atoms with van der Waals surface area (Å²) in [5, 5.41) is 8.52. The molecule has 0 unspecified atom stereocenters. The van der Waals surface area contributed by atoms with E-state index in [-0.39, 0.29) is 43.1 Å². The van der Waals surface area contributed by atoms with Gasteiger partial charge in [-0.25, -0.2) is 4.79 Å². The molecular formula is C40H58N6O7. The normalized spacial score (nSPS) is 15.5. The van der Waals surface area contributed by atoms with Crippen molar-refractivity contribution in [3.63, 3.8) is 0 Å². The molecule has 0 saturated carbocycles. The predicted octanol–water partition coefficient (Wildman–Crippen LogP) is 2.19. The fourth-order valence-electron chi connectivity index (χ4n) is 6.52. The quantitative estimate of drug-likeness (QED) is 0.0768. The summed E-state index contributed by atoms with van der Waals surface area (Å²) >= 11 is 0. The Hall–Kier alpha value is -4.62. The van der Waals surface area contributed by atoms with Crippen LogP contribution < -0.4 is 27.4 Å². The van der Waals surface area contributed by atoms with E-state index < -0.39 is 47.7 Å². The third kappa shape index (κ3) is 14.7. The number of rotatable bonds is 20. The summed E-state index contributed by atoms with van der Waals surface area (Å²) in [6.07, 6.45) is 3.33. The van der Waals surface area contributed by atoms with Gasteiger partial charge in [0.05, 0.1) is 18.7 Å². The van der Waals surface area contributed by atoms with E-state index >= 15 is 0 Å². The topological polar surface area (TPSA) is 203 Å². The number of nitrogens with one attached hydrogen (secondary N) is 3. The molecule has 0 radical (unpaired) electrons. The minimum atomic E-state index is -0.941. The van der Waals surface area contributed by atoms with Gasteiger partial charge in [0.25, 0.3) is 0 Å². The molecule has 13 heteroatoms. The number of esters is 1. The van der Waals surface area contributed by atoms with Crippen LogP contribution in [0.3, 0.4) is 0 Å². The first-order valence-electron chi connectivity index (χ1n) is 18.8. The fraction of sp³-hybridized carbons (Fsp3) is 0.550. The molecule has 0 aromatic heterocycles. The first kappa shape index (κ1) is 42.8. The fourth-order valence-corrected chi connectivity index (χ4v) is 6.52. The highest BCUT2D eigenvalue weighted by Crippen LogP contribution is 2.21. The standard InChI is InChI=1S/C40H58N6O7/c1-4-53-40(52)38(50)43-31-18-21-46(22-19-31)39(51)33(17-11-12-20-41)44-36(48)30(23-27(2)3)26-35(47)34(25-29-15-9-6-10-16-29)45-37(49)32(42)24-28-13-7-5-8-14-28/h5-10,13-16,27,30-34H,4,11-12,17-26,41-42H2,1-3H3,(H,43,50)(H,44,48)(H,45,49)/t30-,32+,33+,34+/m0/s1. The minimum Gasteiger partial charge on any atom is -0.459 e. The van der Waals surface area contributed by atoms with Crippen molar-refractivity contribution in [1.29, 1.82) is 0 Å². The number of ether oxygens (including phenoxy) is 1. The molecular weight excluding hydrogens is 676 g/mol. The molecule has 4 amide bonds. The zero-order chi connectivity index (χ0) is 38.8. The lowest BCUT2D eigenvalue weighted by Crippen LogP contribution is -2.54. The molecule has 290 valence electrons. The summed E-state index contributed by atoms with van der Waals surface area (Å²) in [7, 11) is 0. The summed E-state index contributed by atoms with van der Waals surface area (Å²) in [6.45, 7) is 6.74. The Bertz CT molecular complexity index is 1480. The van der Waals surface area contributed by atoms with Crippen molar-refractivity contribution in [2.45, 2.75) is 103 Å². The van der Waals surface area contributed by atoms with Crippen molar-refractivity contribution >= 4 is 35.4 Å². The first-order valence-corrected chi connectivity index (χ1v) is 18.8. The average Bonchev–Trinajstić information content (AvgIpc) is 3.14. The molecule has 0 spiro atoms. The SMILES string of the molecule is CCOC(=O)C(=O)NC1CCN(C(=O)[C@@H](CCCCN)NC(=O)[C@H](CC(=O)[C@@H](Cc2ccccc2)NC(=O)[C@H](N)Cc2ccccc2)CC(C)C)CC1. The van der Waals surface area contributed by atoms with Gasteiger partial charge in [0.1, 0.15) is 6.04 Å². The zero-order valence-electron chi connectivity index (χ0n) is 31.4. The number of nitrogens with zero attached hydrogens (tertiary/aromatic N) is 1. The highest BCUT2D eigenvalue weighted by molar-refractivity contribution is 6.32. The van der Waals surface area contributed by atoms with E-state index in [2.05, 4.69) is 16.0 Å². The summed E-state index contributed by atoms with van der Waals surface area (Å²) < 4.78 is 4.76. The second-order valence-electron chi connectivity index (χ2n) is 14.2. The number of carbonyl (C=O) groups excluding carboxylic acids is 6. The van der Waals surface area contributed by atoms with Crippen LogP contribution in [0.15, 0.2) is 60.7 Å². The summed E-state index contributed by atoms with van der Waals surface area (Å²) in [4.78, 5) is 80.7. The number of amides is 4. The van der Waals surface area contributed by atoms with E-state index in [0.29, 0.717) is 64.6 Å². The van der Waals surface area contributed by atoms with Crippen LogP contribution in [-0.4, -0.2) is 90.7 Å². The number of piperidine rings is 1. The predicted molar refractivity (Wildman–Crippen MR) is 202 cm³/mol. The van der Waals surface area contributed by atoms with E-state index in [0.717, 1.165) is 11.1 Å². The second-order valence-corrected chi connectivity index (χ2v) is 14.2. The van der Waals surface area contributed by atoms with Crippen LogP contribution in [0.4, 0.5) is 0 Å². The molecule has 1 heterocycles. The van der Waals surface area contributed by atoms with Gasteiger partial charge in [-0.1, -0.05) is 74.5 Å². The highest BCUT2D eigenvalue weighted by Gasteiger charge is 2.34. The molecule has 1 aliphatic rings. The molecule has 4 atom stereocenters. The number of benzene rings is 2. The molecule has 13 nitrogen and oxygen atoms in total. The molecule has 53 heavy (non-hydrogen) atoms. The number of ketones is 1. The largest absolute Gasteiger partial charge is 0.459 e. The van der Waals surface area contributed by atoms with Crippen molar-refractivity contribution < 1.29 is 33.5 Å². The monoisotopic (exact) mass is 734 g/mol. The Kier molecular flexibility index (Phi) is 18.1. The van der Waals surface area contributed by atoms with Crippen LogP contribution in [0, 0.1) is 11.8 Å². The van der Waals surface area contributed by atoms with Gasteiger partial charge in [0.15, 0.2) is 5.78 Å².